The Morgan fingerprint density at radius 2 is 2.15 bits per heavy atom. The van der Waals surface area contributed by atoms with E-state index in [9.17, 15) is 5.11 Å². The Bertz CT molecular complexity index is 440. The number of nitrogens with one attached hydrogen (secondary N) is 1. The standard InChI is InChI=1S/C14H25N5O/c1-3-8-16-12-9-13(18-14(15)17-12)19(2)10-6-4-5-7-11(10)20/h9-11,20H,3-8H2,1-2H3,(H3,15,16,17,18). The van der Waals surface area contributed by atoms with Crippen molar-refractivity contribution < 1.29 is 5.11 Å². The van der Waals surface area contributed by atoms with E-state index in [4.69, 9.17) is 5.73 Å². The SMILES string of the molecule is CCCNc1cc(N(C)C2CCCCC2O)nc(N)n1. The predicted octanol–water partition coefficient (Wildman–Crippen LogP) is 1.62. The number of aliphatic hydroxyl groups is 1. The number of nitrogen functional groups attached to an aromatic ring is 1. The van der Waals surface area contributed by atoms with Crippen molar-refractivity contribution in [2.75, 3.05) is 29.5 Å². The summed E-state index contributed by atoms with van der Waals surface area (Å²) < 4.78 is 0. The number of nitrogens with two attached hydrogens (primary N) is 1. The molecule has 1 aliphatic rings. The van der Waals surface area contributed by atoms with Crippen molar-refractivity contribution in [2.24, 2.45) is 0 Å². The van der Waals surface area contributed by atoms with Crippen LogP contribution < -0.4 is 16.0 Å². The molecule has 112 valence electrons. The normalized spacial score (nSPS) is 22.6. The van der Waals surface area contributed by atoms with Crippen LogP contribution in [0, 0.1) is 0 Å². The zero-order valence-corrected chi connectivity index (χ0v) is 12.3. The molecule has 2 atom stereocenters. The number of aromatic nitrogens is 2. The number of likely N-dealkylation sites (N-methyl/N-ethyl adjacent to an activating group) is 1. The summed E-state index contributed by atoms with van der Waals surface area (Å²) in [7, 11) is 1.96. The van der Waals surface area contributed by atoms with E-state index in [1.807, 2.05) is 18.0 Å². The van der Waals surface area contributed by atoms with Crippen LogP contribution in [0.2, 0.25) is 0 Å². The van der Waals surface area contributed by atoms with Gasteiger partial charge in [-0.25, -0.2) is 0 Å². The Labute approximate surface area is 120 Å². The average Bonchev–Trinajstić information content (AvgIpc) is 2.44. The first-order valence-electron chi connectivity index (χ1n) is 7.41. The maximum atomic E-state index is 10.1. The Balaban J connectivity index is 2.15. The van der Waals surface area contributed by atoms with Gasteiger partial charge in [0, 0.05) is 19.7 Å². The Morgan fingerprint density at radius 1 is 1.40 bits per heavy atom. The third kappa shape index (κ3) is 3.50. The van der Waals surface area contributed by atoms with E-state index < -0.39 is 0 Å². The molecule has 6 heteroatoms. The van der Waals surface area contributed by atoms with E-state index in [0.717, 1.165) is 50.3 Å². The molecular formula is C14H25N5O. The third-order valence-corrected chi connectivity index (χ3v) is 3.84. The first kappa shape index (κ1) is 14.8. The van der Waals surface area contributed by atoms with Crippen LogP contribution in [0.25, 0.3) is 0 Å². The summed E-state index contributed by atoms with van der Waals surface area (Å²) in [6.45, 7) is 2.95. The first-order valence-corrected chi connectivity index (χ1v) is 7.41. The fourth-order valence-electron chi connectivity index (χ4n) is 2.69. The average molecular weight is 279 g/mol. The minimum absolute atomic E-state index is 0.108. The topological polar surface area (TPSA) is 87.3 Å². The van der Waals surface area contributed by atoms with Crippen molar-refractivity contribution >= 4 is 17.6 Å². The molecule has 0 spiro atoms. The van der Waals surface area contributed by atoms with E-state index in [1.165, 1.54) is 0 Å². The largest absolute Gasteiger partial charge is 0.391 e. The lowest BCUT2D eigenvalue weighted by molar-refractivity contribution is 0.106. The second-order valence-corrected chi connectivity index (χ2v) is 5.43. The van der Waals surface area contributed by atoms with Crippen LogP contribution in [0.4, 0.5) is 17.6 Å². The van der Waals surface area contributed by atoms with Crippen molar-refractivity contribution in [3.05, 3.63) is 6.07 Å². The van der Waals surface area contributed by atoms with Crippen molar-refractivity contribution in [3.8, 4) is 0 Å². The summed E-state index contributed by atoms with van der Waals surface area (Å²) in [5, 5.41) is 13.4. The van der Waals surface area contributed by atoms with Gasteiger partial charge in [-0.05, 0) is 19.3 Å². The number of nitrogens with zero attached hydrogens (tertiary/aromatic N) is 3. The van der Waals surface area contributed by atoms with E-state index in [-0.39, 0.29) is 18.1 Å². The highest BCUT2D eigenvalue weighted by molar-refractivity contribution is 5.53. The highest BCUT2D eigenvalue weighted by atomic mass is 16.3. The molecule has 0 radical (unpaired) electrons. The minimum atomic E-state index is -0.294. The highest BCUT2D eigenvalue weighted by Crippen LogP contribution is 2.26. The van der Waals surface area contributed by atoms with Crippen LogP contribution >= 0.6 is 0 Å². The first-order chi connectivity index (χ1) is 9.61. The molecule has 1 aliphatic carbocycles. The van der Waals surface area contributed by atoms with E-state index in [1.54, 1.807) is 0 Å². The second-order valence-electron chi connectivity index (χ2n) is 5.43. The van der Waals surface area contributed by atoms with Gasteiger partial charge in [0.25, 0.3) is 0 Å². The number of hydrogen-bond donors (Lipinski definition) is 3. The lowest BCUT2D eigenvalue weighted by Gasteiger charge is -2.36. The van der Waals surface area contributed by atoms with E-state index in [0.29, 0.717) is 0 Å². The van der Waals surface area contributed by atoms with Gasteiger partial charge < -0.3 is 21.1 Å². The molecule has 0 amide bonds. The van der Waals surface area contributed by atoms with Gasteiger partial charge in [-0.3, -0.25) is 0 Å². The molecule has 20 heavy (non-hydrogen) atoms. The number of rotatable bonds is 5. The molecule has 0 aromatic carbocycles. The number of aliphatic hydroxyl groups excluding tert-OH is 1. The molecule has 0 bridgehead atoms. The van der Waals surface area contributed by atoms with Crippen LogP contribution in [0.15, 0.2) is 6.07 Å². The summed E-state index contributed by atoms with van der Waals surface area (Å²) in [6.07, 6.45) is 4.82. The molecule has 1 saturated carbocycles. The number of anilines is 3. The van der Waals surface area contributed by atoms with Gasteiger partial charge in [-0.15, -0.1) is 0 Å². The van der Waals surface area contributed by atoms with Gasteiger partial charge >= 0.3 is 0 Å². The van der Waals surface area contributed by atoms with Gasteiger partial charge in [0.2, 0.25) is 5.95 Å². The maximum absolute atomic E-state index is 10.1. The van der Waals surface area contributed by atoms with E-state index >= 15 is 0 Å². The Kier molecular flexibility index (Phi) is 5.00. The van der Waals surface area contributed by atoms with Gasteiger partial charge in [-0.1, -0.05) is 19.8 Å². The monoisotopic (exact) mass is 279 g/mol. The molecular weight excluding hydrogens is 254 g/mol. The summed E-state index contributed by atoms with van der Waals surface area (Å²) in [5.74, 6) is 1.77. The molecule has 4 N–H and O–H groups in total. The fraction of sp³-hybridized carbons (Fsp3) is 0.714. The molecule has 6 nitrogen and oxygen atoms in total. The maximum Gasteiger partial charge on any atom is 0.223 e. The van der Waals surface area contributed by atoms with Crippen molar-refractivity contribution in [1.82, 2.24) is 9.97 Å². The van der Waals surface area contributed by atoms with Crippen LogP contribution in [-0.2, 0) is 0 Å². The smallest absolute Gasteiger partial charge is 0.223 e. The molecule has 1 heterocycles. The summed E-state index contributed by atoms with van der Waals surface area (Å²) >= 11 is 0. The van der Waals surface area contributed by atoms with Crippen molar-refractivity contribution in [3.63, 3.8) is 0 Å². The van der Waals surface area contributed by atoms with Crippen molar-refractivity contribution in [1.29, 1.82) is 0 Å². The van der Waals surface area contributed by atoms with Gasteiger partial charge in [-0.2, -0.15) is 9.97 Å². The number of hydrogen-bond acceptors (Lipinski definition) is 6. The summed E-state index contributed by atoms with van der Waals surface area (Å²) in [6, 6.07) is 2.00. The van der Waals surface area contributed by atoms with Gasteiger partial charge in [0.05, 0.1) is 12.1 Å². The Hall–Kier alpha value is -1.56. The molecule has 0 aliphatic heterocycles. The van der Waals surface area contributed by atoms with Crippen LogP contribution in [0.5, 0.6) is 0 Å². The Morgan fingerprint density at radius 3 is 2.85 bits per heavy atom. The fourth-order valence-corrected chi connectivity index (χ4v) is 2.69. The van der Waals surface area contributed by atoms with Crippen LogP contribution in [0.1, 0.15) is 39.0 Å². The van der Waals surface area contributed by atoms with Crippen LogP contribution in [-0.4, -0.2) is 40.8 Å². The third-order valence-electron chi connectivity index (χ3n) is 3.84. The van der Waals surface area contributed by atoms with Gasteiger partial charge in [0.15, 0.2) is 0 Å². The molecule has 1 fully saturated rings. The van der Waals surface area contributed by atoms with Crippen molar-refractivity contribution in [2.45, 2.75) is 51.2 Å². The minimum Gasteiger partial charge on any atom is -0.391 e. The molecule has 1 aromatic heterocycles. The zero-order valence-electron chi connectivity index (χ0n) is 12.3. The lowest BCUT2D eigenvalue weighted by atomic mass is 9.91. The quantitative estimate of drug-likeness (QED) is 0.759. The van der Waals surface area contributed by atoms with Crippen LogP contribution in [0.3, 0.4) is 0 Å². The zero-order chi connectivity index (χ0) is 14.5. The highest BCUT2D eigenvalue weighted by Gasteiger charge is 2.27. The lowest BCUT2D eigenvalue weighted by Crippen LogP contribution is -2.43. The van der Waals surface area contributed by atoms with Gasteiger partial charge in [0.1, 0.15) is 11.6 Å². The summed E-state index contributed by atoms with van der Waals surface area (Å²) in [5.41, 5.74) is 5.78. The van der Waals surface area contributed by atoms with E-state index in [2.05, 4.69) is 22.2 Å². The predicted molar refractivity (Wildman–Crippen MR) is 81.9 cm³/mol. The molecule has 1 aromatic rings. The molecule has 0 saturated heterocycles. The molecule has 2 rings (SSSR count). The second kappa shape index (κ2) is 6.74. The molecule has 2 unspecified atom stereocenters. The summed E-state index contributed by atoms with van der Waals surface area (Å²) in [4.78, 5) is 10.5.